The smallest absolute Gasteiger partial charge is 0.289 e. The number of hydrogen-bond donors (Lipinski definition) is 3. The van der Waals surface area contributed by atoms with E-state index < -0.39 is 58.6 Å². The van der Waals surface area contributed by atoms with E-state index >= 15 is 4.79 Å². The van der Waals surface area contributed by atoms with Gasteiger partial charge in [0, 0.05) is 25.5 Å². The maximum atomic E-state index is 15.0. The molecule has 5 atom stereocenters. The number of likely N-dealkylation sites (tertiary alicyclic amines) is 2. The van der Waals surface area contributed by atoms with Crippen molar-refractivity contribution in [3.05, 3.63) is 36.9 Å². The third-order valence-electron chi connectivity index (χ3n) is 11.5. The van der Waals surface area contributed by atoms with E-state index in [2.05, 4.69) is 32.5 Å². The van der Waals surface area contributed by atoms with E-state index in [1.165, 1.54) is 24.7 Å². The van der Waals surface area contributed by atoms with Crippen LogP contribution >= 0.6 is 0 Å². The van der Waals surface area contributed by atoms with E-state index in [0.717, 1.165) is 38.5 Å². The number of rotatable bonds is 13. The Morgan fingerprint density at radius 3 is 2.31 bits per heavy atom. The Morgan fingerprint density at radius 2 is 1.75 bits per heavy atom. The van der Waals surface area contributed by atoms with Gasteiger partial charge in [0.1, 0.15) is 23.8 Å². The molecule has 4 fully saturated rings. The summed E-state index contributed by atoms with van der Waals surface area (Å²) < 4.78 is 0. The molecule has 13 nitrogen and oxygen atoms in total. The number of hydrogen-bond acceptors (Lipinski definition) is 8. The molecule has 1 unspecified atom stereocenters. The van der Waals surface area contributed by atoms with Gasteiger partial charge in [-0.25, -0.2) is 4.98 Å². The van der Waals surface area contributed by atoms with E-state index in [4.69, 9.17) is 0 Å². The first kappa shape index (κ1) is 38.1. The monoisotopic (exact) mass is 705 g/mol. The lowest BCUT2D eigenvalue weighted by Crippen LogP contribution is -2.83. The Bertz CT molecular complexity index is 1500. The number of carbonyl (C=O) groups is 6. The van der Waals surface area contributed by atoms with Gasteiger partial charge in [-0.15, -0.1) is 6.58 Å². The number of aromatic nitrogens is 2. The molecule has 5 amide bonds. The summed E-state index contributed by atoms with van der Waals surface area (Å²) in [6, 6.07) is -3.64. The van der Waals surface area contributed by atoms with Crippen molar-refractivity contribution in [2.45, 2.75) is 129 Å². The minimum Gasteiger partial charge on any atom is -0.346 e. The second kappa shape index (κ2) is 15.6. The summed E-state index contributed by atoms with van der Waals surface area (Å²) in [5.74, 6) is -3.03. The first-order chi connectivity index (χ1) is 24.2. The fourth-order valence-electron chi connectivity index (χ4n) is 8.64. The molecule has 51 heavy (non-hydrogen) atoms. The maximum Gasteiger partial charge on any atom is 0.289 e. The minimum atomic E-state index is -1.02. The molecule has 5 rings (SSSR count). The zero-order chi connectivity index (χ0) is 37.1. The van der Waals surface area contributed by atoms with Gasteiger partial charge >= 0.3 is 0 Å². The molecule has 2 aliphatic carbocycles. The van der Waals surface area contributed by atoms with Gasteiger partial charge in [-0.1, -0.05) is 79.2 Å². The van der Waals surface area contributed by atoms with Crippen LogP contribution in [0.25, 0.3) is 0 Å². The standard InChI is InChI=1S/C38H55N7O6/c1-7-17-41-34(49)29(46)26(21-24-12-11-13-24)42-33(48)28-25(23(2)3)14-20-44(28)36(51)31(37(4,5)6)45-35(50)30(38(45)15-9-8-10-16-38)43-32(47)27-22-39-18-19-40-27/h7,18-19,22-26,28,30-31H,1,8-17,20-21H2,2-6H3,(H,41,49)(H,42,48)(H,43,47)/t25-,26?,28+,30-,31-/m1/s1. The number of Topliss-reactive ketones (excluding diaryl/α,β-unsaturated/α-hetero) is 1. The van der Waals surface area contributed by atoms with E-state index in [-0.39, 0.29) is 41.8 Å². The topological polar surface area (TPSA) is 171 Å². The van der Waals surface area contributed by atoms with E-state index in [1.807, 2.05) is 34.6 Å². The predicted octanol–water partition coefficient (Wildman–Crippen LogP) is 2.95. The number of carbonyl (C=O) groups excluding carboxylic acids is 6. The number of β-lactam (4-membered cyclic amide) rings is 1. The van der Waals surface area contributed by atoms with Gasteiger partial charge in [0.05, 0.1) is 17.8 Å². The highest BCUT2D eigenvalue weighted by Gasteiger charge is 2.66. The van der Waals surface area contributed by atoms with Gasteiger partial charge in [-0.3, -0.25) is 33.8 Å². The molecule has 2 saturated heterocycles. The van der Waals surface area contributed by atoms with Crippen LogP contribution in [0.5, 0.6) is 0 Å². The van der Waals surface area contributed by atoms with Gasteiger partial charge < -0.3 is 25.8 Å². The zero-order valence-electron chi connectivity index (χ0n) is 30.8. The molecule has 2 saturated carbocycles. The molecule has 1 spiro atoms. The largest absolute Gasteiger partial charge is 0.346 e. The molecule has 0 bridgehead atoms. The van der Waals surface area contributed by atoms with Crippen molar-refractivity contribution in [1.82, 2.24) is 35.7 Å². The molecule has 1 aromatic rings. The minimum absolute atomic E-state index is 0.0410. The van der Waals surface area contributed by atoms with Crippen molar-refractivity contribution >= 4 is 35.3 Å². The lowest BCUT2D eigenvalue weighted by atomic mass is 9.65. The molecule has 278 valence electrons. The van der Waals surface area contributed by atoms with Crippen LogP contribution in [-0.2, 0) is 24.0 Å². The molecular formula is C38H55N7O6. The summed E-state index contributed by atoms with van der Waals surface area (Å²) in [4.78, 5) is 94.4. The zero-order valence-corrected chi connectivity index (χ0v) is 30.8. The van der Waals surface area contributed by atoms with Crippen LogP contribution < -0.4 is 16.0 Å². The highest BCUT2D eigenvalue weighted by molar-refractivity contribution is 6.38. The highest BCUT2D eigenvalue weighted by atomic mass is 16.2. The fraction of sp³-hybridized carbons (Fsp3) is 0.684. The second-order valence-electron chi connectivity index (χ2n) is 16.3. The van der Waals surface area contributed by atoms with Crippen LogP contribution in [0.4, 0.5) is 0 Å². The third kappa shape index (κ3) is 7.72. The van der Waals surface area contributed by atoms with Gasteiger partial charge in [0.25, 0.3) is 11.8 Å². The SMILES string of the molecule is C=CCNC(=O)C(=O)C(CC1CCC1)NC(=O)[C@@H]1[C@@H](C(C)C)CCN1C(=O)[C@@H](N1C(=O)[C@@H](NC(=O)c2cnccn2)C12CCCCC2)C(C)(C)C. The predicted molar refractivity (Wildman–Crippen MR) is 190 cm³/mol. The van der Waals surface area contributed by atoms with E-state index in [1.54, 1.807) is 9.80 Å². The quantitative estimate of drug-likeness (QED) is 0.160. The number of nitrogens with zero attached hydrogens (tertiary/aromatic N) is 4. The maximum absolute atomic E-state index is 15.0. The normalized spacial score (nSPS) is 24.3. The summed E-state index contributed by atoms with van der Waals surface area (Å²) in [7, 11) is 0. The third-order valence-corrected chi connectivity index (χ3v) is 11.5. The Kier molecular flexibility index (Phi) is 11.7. The molecule has 0 aromatic carbocycles. The van der Waals surface area contributed by atoms with Crippen LogP contribution in [0, 0.1) is 23.2 Å². The van der Waals surface area contributed by atoms with E-state index in [9.17, 15) is 24.0 Å². The summed E-state index contributed by atoms with van der Waals surface area (Å²) in [5.41, 5.74) is -1.38. The highest BCUT2D eigenvalue weighted by Crippen LogP contribution is 2.49. The molecule has 0 radical (unpaired) electrons. The van der Waals surface area contributed by atoms with Gasteiger partial charge in [-0.2, -0.15) is 0 Å². The Balaban J connectivity index is 1.43. The molecule has 3 N–H and O–H groups in total. The van der Waals surface area contributed by atoms with Crippen molar-refractivity contribution in [2.24, 2.45) is 23.2 Å². The molecule has 4 aliphatic rings. The van der Waals surface area contributed by atoms with Crippen LogP contribution in [-0.4, -0.2) is 97.9 Å². The second-order valence-corrected chi connectivity index (χ2v) is 16.3. The van der Waals surface area contributed by atoms with Crippen molar-refractivity contribution < 1.29 is 28.8 Å². The van der Waals surface area contributed by atoms with Crippen LogP contribution in [0.2, 0.25) is 0 Å². The van der Waals surface area contributed by atoms with Gasteiger partial charge in [0.2, 0.25) is 23.5 Å². The number of amides is 5. The fourth-order valence-corrected chi connectivity index (χ4v) is 8.64. The van der Waals surface area contributed by atoms with Crippen molar-refractivity contribution in [3.63, 3.8) is 0 Å². The van der Waals surface area contributed by atoms with Crippen molar-refractivity contribution in [2.75, 3.05) is 13.1 Å². The molecule has 1 aromatic heterocycles. The summed E-state index contributed by atoms with van der Waals surface area (Å²) in [5, 5.41) is 8.39. The van der Waals surface area contributed by atoms with Crippen molar-refractivity contribution in [3.8, 4) is 0 Å². The summed E-state index contributed by atoms with van der Waals surface area (Å²) >= 11 is 0. The van der Waals surface area contributed by atoms with Gasteiger partial charge in [-0.05, 0) is 48.9 Å². The van der Waals surface area contributed by atoms with Crippen LogP contribution in [0.3, 0.4) is 0 Å². The average Bonchev–Trinajstić information content (AvgIpc) is 3.55. The molecule has 2 aliphatic heterocycles. The van der Waals surface area contributed by atoms with Crippen LogP contribution in [0.1, 0.15) is 109 Å². The number of nitrogens with one attached hydrogen (secondary N) is 3. The first-order valence-electron chi connectivity index (χ1n) is 18.6. The summed E-state index contributed by atoms with van der Waals surface area (Å²) in [6.45, 7) is 13.8. The van der Waals surface area contributed by atoms with E-state index in [0.29, 0.717) is 32.2 Å². The lowest BCUT2D eigenvalue weighted by Gasteiger charge is -2.63. The van der Waals surface area contributed by atoms with Gasteiger partial charge in [0.15, 0.2) is 0 Å². The molecular weight excluding hydrogens is 650 g/mol. The first-order valence-corrected chi connectivity index (χ1v) is 18.6. The molecule has 3 heterocycles. The Labute approximate surface area is 301 Å². The lowest BCUT2D eigenvalue weighted by molar-refractivity contribution is -0.187. The summed E-state index contributed by atoms with van der Waals surface area (Å²) in [6.07, 6.45) is 13.5. The molecule has 13 heteroatoms. The van der Waals surface area contributed by atoms with Crippen LogP contribution in [0.15, 0.2) is 31.2 Å². The average molecular weight is 706 g/mol. The Hall–Kier alpha value is -4.16. The van der Waals surface area contributed by atoms with Crippen molar-refractivity contribution in [1.29, 1.82) is 0 Å². The Morgan fingerprint density at radius 1 is 1.04 bits per heavy atom. The number of ketones is 1.